The van der Waals surface area contributed by atoms with E-state index in [1.165, 1.54) is 0 Å². The number of amides is 2. The van der Waals surface area contributed by atoms with Crippen LogP contribution in [0.25, 0.3) is 11.1 Å². The average Bonchev–Trinajstić information content (AvgIpc) is 3.13. The third-order valence-corrected chi connectivity index (χ3v) is 6.01. The van der Waals surface area contributed by atoms with Gasteiger partial charge in [0.1, 0.15) is 18.7 Å². The monoisotopic (exact) mass is 467 g/mol. The molecule has 0 fully saturated rings. The number of nitrogens with zero attached hydrogens (tertiary/aromatic N) is 1. The number of carbonyl (C=O) groups excluding carboxylic acids is 2. The second-order valence-corrected chi connectivity index (χ2v) is 8.80. The first-order chi connectivity index (χ1) is 16.3. The largest absolute Gasteiger partial charge is 0.480 e. The fourth-order valence-electron chi connectivity index (χ4n) is 4.26. The van der Waals surface area contributed by atoms with Gasteiger partial charge in [0, 0.05) is 12.5 Å². The number of rotatable bonds is 11. The van der Waals surface area contributed by atoms with Crippen molar-refractivity contribution in [3.63, 3.8) is 0 Å². The predicted molar refractivity (Wildman–Crippen MR) is 130 cm³/mol. The fraction of sp³-hybridized carbons (Fsp3) is 0.423. The molecule has 0 heterocycles. The molecule has 3 rings (SSSR count). The topological polar surface area (TPSA) is 108 Å². The lowest BCUT2D eigenvalue weighted by Gasteiger charge is -2.22. The predicted octanol–water partition coefficient (Wildman–Crippen LogP) is 3.21. The van der Waals surface area contributed by atoms with Gasteiger partial charge < -0.3 is 25.4 Å². The molecule has 34 heavy (non-hydrogen) atoms. The molecule has 0 bridgehead atoms. The zero-order chi connectivity index (χ0) is 24.7. The molecule has 0 spiro atoms. The molecule has 2 amide bonds. The van der Waals surface area contributed by atoms with Crippen LogP contribution in [0.1, 0.15) is 43.2 Å². The van der Waals surface area contributed by atoms with Crippen molar-refractivity contribution in [2.24, 2.45) is 0 Å². The molecule has 8 heteroatoms. The minimum absolute atomic E-state index is 0.0842. The fourth-order valence-corrected chi connectivity index (χ4v) is 4.26. The molecule has 0 saturated carbocycles. The Morgan fingerprint density at radius 2 is 1.53 bits per heavy atom. The number of aliphatic carboxylic acids is 1. The standard InChI is InChI=1S/C26H33N3O5/c1-4-9-22(24(30)27-23(25(31)32)14-15-29(2)3)28-26(33)34-16-21-19-12-7-5-10-17(19)18-11-6-8-13-20(18)21/h5-8,10-13,21-23H,4,9,14-16H2,1-3H3,(H,27,30)(H,28,33)(H,31,32)/t22-,23?/m0/s1. The highest BCUT2D eigenvalue weighted by molar-refractivity contribution is 5.89. The molecule has 182 valence electrons. The minimum atomic E-state index is -1.11. The lowest BCUT2D eigenvalue weighted by atomic mass is 9.98. The average molecular weight is 468 g/mol. The van der Waals surface area contributed by atoms with E-state index in [-0.39, 0.29) is 18.9 Å². The van der Waals surface area contributed by atoms with Gasteiger partial charge in [0.05, 0.1) is 0 Å². The van der Waals surface area contributed by atoms with Crippen molar-refractivity contribution in [1.29, 1.82) is 0 Å². The Labute approximate surface area is 200 Å². The third kappa shape index (κ3) is 6.14. The van der Waals surface area contributed by atoms with Crippen LogP contribution in [0.5, 0.6) is 0 Å². The molecule has 2 aromatic carbocycles. The molecule has 0 aromatic heterocycles. The number of carboxylic acid groups (broad SMARTS) is 1. The van der Waals surface area contributed by atoms with E-state index in [0.29, 0.717) is 19.4 Å². The Kier molecular flexibility index (Phi) is 8.65. The van der Waals surface area contributed by atoms with Gasteiger partial charge in [-0.25, -0.2) is 9.59 Å². The van der Waals surface area contributed by atoms with Crippen molar-refractivity contribution in [3.05, 3.63) is 59.7 Å². The molecular formula is C26H33N3O5. The van der Waals surface area contributed by atoms with Crippen LogP contribution >= 0.6 is 0 Å². The summed E-state index contributed by atoms with van der Waals surface area (Å²) in [4.78, 5) is 38.8. The zero-order valence-corrected chi connectivity index (χ0v) is 19.9. The molecular weight excluding hydrogens is 434 g/mol. The van der Waals surface area contributed by atoms with Crippen molar-refractivity contribution in [1.82, 2.24) is 15.5 Å². The van der Waals surface area contributed by atoms with Gasteiger partial charge in [0.25, 0.3) is 0 Å². The maximum absolute atomic E-state index is 12.8. The van der Waals surface area contributed by atoms with Crippen LogP contribution in [0.15, 0.2) is 48.5 Å². The van der Waals surface area contributed by atoms with Crippen molar-refractivity contribution in [2.75, 3.05) is 27.2 Å². The van der Waals surface area contributed by atoms with E-state index in [4.69, 9.17) is 4.74 Å². The Hall–Kier alpha value is -3.39. The number of hydrogen-bond acceptors (Lipinski definition) is 5. The smallest absolute Gasteiger partial charge is 0.407 e. The highest BCUT2D eigenvalue weighted by Crippen LogP contribution is 2.44. The van der Waals surface area contributed by atoms with Crippen molar-refractivity contribution >= 4 is 18.0 Å². The summed E-state index contributed by atoms with van der Waals surface area (Å²) in [5.74, 6) is -1.72. The summed E-state index contributed by atoms with van der Waals surface area (Å²) in [6, 6.07) is 14.2. The second-order valence-electron chi connectivity index (χ2n) is 8.80. The molecule has 0 aliphatic heterocycles. The highest BCUT2D eigenvalue weighted by Gasteiger charge is 2.30. The number of alkyl carbamates (subject to hydrolysis) is 1. The maximum atomic E-state index is 12.8. The first-order valence-corrected chi connectivity index (χ1v) is 11.6. The maximum Gasteiger partial charge on any atom is 0.407 e. The summed E-state index contributed by atoms with van der Waals surface area (Å²) in [6.07, 6.45) is 0.570. The van der Waals surface area contributed by atoms with E-state index in [1.807, 2.05) is 62.3 Å². The first-order valence-electron chi connectivity index (χ1n) is 11.6. The molecule has 1 aliphatic carbocycles. The summed E-state index contributed by atoms with van der Waals surface area (Å²) in [5, 5.41) is 14.6. The van der Waals surface area contributed by atoms with Crippen molar-refractivity contribution in [2.45, 2.75) is 44.2 Å². The number of nitrogens with one attached hydrogen (secondary N) is 2. The van der Waals surface area contributed by atoms with E-state index in [2.05, 4.69) is 22.8 Å². The summed E-state index contributed by atoms with van der Waals surface area (Å²) in [7, 11) is 3.67. The molecule has 2 aromatic rings. The quantitative estimate of drug-likeness (QED) is 0.468. The Morgan fingerprint density at radius 3 is 2.06 bits per heavy atom. The number of carboxylic acids is 1. The molecule has 1 unspecified atom stereocenters. The van der Waals surface area contributed by atoms with Crippen LogP contribution in [0.2, 0.25) is 0 Å². The van der Waals surface area contributed by atoms with Gasteiger partial charge in [-0.1, -0.05) is 61.9 Å². The highest BCUT2D eigenvalue weighted by atomic mass is 16.5. The van der Waals surface area contributed by atoms with Crippen LogP contribution in [0.4, 0.5) is 4.79 Å². The van der Waals surface area contributed by atoms with Crippen LogP contribution in [0.3, 0.4) is 0 Å². The van der Waals surface area contributed by atoms with Gasteiger partial charge in [-0.05, 0) is 49.2 Å². The number of ether oxygens (including phenoxy) is 1. The van der Waals surface area contributed by atoms with E-state index >= 15 is 0 Å². The number of hydrogen-bond donors (Lipinski definition) is 3. The molecule has 1 aliphatic rings. The summed E-state index contributed by atoms with van der Waals surface area (Å²) >= 11 is 0. The van der Waals surface area contributed by atoms with Crippen LogP contribution in [-0.4, -0.2) is 67.3 Å². The van der Waals surface area contributed by atoms with Crippen LogP contribution < -0.4 is 10.6 Å². The van der Waals surface area contributed by atoms with Crippen molar-refractivity contribution < 1.29 is 24.2 Å². The summed E-state index contributed by atoms with van der Waals surface area (Å²) in [5.41, 5.74) is 4.47. The second kappa shape index (κ2) is 11.7. The van der Waals surface area contributed by atoms with Gasteiger partial charge in [-0.2, -0.15) is 0 Å². The van der Waals surface area contributed by atoms with Crippen molar-refractivity contribution in [3.8, 4) is 11.1 Å². The molecule has 8 nitrogen and oxygen atoms in total. The minimum Gasteiger partial charge on any atom is -0.480 e. The molecule has 0 radical (unpaired) electrons. The van der Waals surface area contributed by atoms with Gasteiger partial charge in [0.15, 0.2) is 0 Å². The van der Waals surface area contributed by atoms with E-state index in [0.717, 1.165) is 22.3 Å². The normalized spacial score (nSPS) is 14.1. The van der Waals surface area contributed by atoms with Gasteiger partial charge in [-0.3, -0.25) is 4.79 Å². The van der Waals surface area contributed by atoms with Crippen LogP contribution in [-0.2, 0) is 14.3 Å². The van der Waals surface area contributed by atoms with Gasteiger partial charge in [-0.15, -0.1) is 0 Å². The Bertz CT molecular complexity index is 978. The molecule has 2 atom stereocenters. The first kappa shape index (κ1) is 25.2. The summed E-state index contributed by atoms with van der Waals surface area (Å²) in [6.45, 7) is 2.54. The van der Waals surface area contributed by atoms with Gasteiger partial charge in [0.2, 0.25) is 5.91 Å². The zero-order valence-electron chi connectivity index (χ0n) is 19.9. The molecule has 3 N–H and O–H groups in total. The Morgan fingerprint density at radius 1 is 0.941 bits per heavy atom. The van der Waals surface area contributed by atoms with Gasteiger partial charge >= 0.3 is 12.1 Å². The molecule has 0 saturated heterocycles. The number of benzene rings is 2. The lowest BCUT2D eigenvalue weighted by Crippen LogP contribution is -2.52. The SMILES string of the molecule is CCC[C@H](NC(=O)OCC1c2ccccc2-c2ccccc21)C(=O)NC(CCN(C)C)C(=O)O. The number of carbonyl (C=O) groups is 3. The van der Waals surface area contributed by atoms with Crippen LogP contribution in [0, 0.1) is 0 Å². The Balaban J connectivity index is 1.62. The lowest BCUT2D eigenvalue weighted by molar-refractivity contribution is -0.142. The van der Waals surface area contributed by atoms with E-state index in [1.54, 1.807) is 0 Å². The third-order valence-electron chi connectivity index (χ3n) is 6.01. The van der Waals surface area contributed by atoms with E-state index in [9.17, 15) is 19.5 Å². The summed E-state index contributed by atoms with van der Waals surface area (Å²) < 4.78 is 5.55. The van der Waals surface area contributed by atoms with E-state index < -0.39 is 30.1 Å². The number of fused-ring (bicyclic) bond motifs is 3.